The van der Waals surface area contributed by atoms with Gasteiger partial charge in [0.25, 0.3) is 5.91 Å². The van der Waals surface area contributed by atoms with E-state index in [2.05, 4.69) is 59.2 Å². The van der Waals surface area contributed by atoms with Crippen LogP contribution in [0.3, 0.4) is 0 Å². The van der Waals surface area contributed by atoms with Gasteiger partial charge >= 0.3 is 0 Å². The van der Waals surface area contributed by atoms with Gasteiger partial charge in [-0.3, -0.25) is 14.6 Å². The van der Waals surface area contributed by atoms with Crippen LogP contribution in [-0.4, -0.2) is 59.2 Å². The maximum absolute atomic E-state index is 13.5. The van der Waals surface area contributed by atoms with Crippen molar-refractivity contribution in [3.63, 3.8) is 0 Å². The Morgan fingerprint density at radius 3 is 2.37 bits per heavy atom. The minimum absolute atomic E-state index is 0.0223. The third-order valence-electron chi connectivity index (χ3n) is 6.85. The molecule has 35 heavy (non-hydrogen) atoms. The van der Waals surface area contributed by atoms with Crippen LogP contribution in [-0.2, 0) is 11.3 Å². The van der Waals surface area contributed by atoms with Crippen LogP contribution in [0.25, 0.3) is 0 Å². The second-order valence-electron chi connectivity index (χ2n) is 9.43. The van der Waals surface area contributed by atoms with Crippen molar-refractivity contribution in [1.29, 1.82) is 0 Å². The first-order valence-corrected chi connectivity index (χ1v) is 12.6. The molecule has 2 aliphatic heterocycles. The summed E-state index contributed by atoms with van der Waals surface area (Å²) in [7, 11) is 0. The predicted octanol–water partition coefficient (Wildman–Crippen LogP) is 5.14. The van der Waals surface area contributed by atoms with Crippen LogP contribution in [0.5, 0.6) is 0 Å². The Morgan fingerprint density at radius 1 is 0.914 bits per heavy atom. The zero-order valence-electron chi connectivity index (χ0n) is 20.1. The third-order valence-corrected chi connectivity index (χ3v) is 7.20. The number of benzene rings is 3. The third kappa shape index (κ3) is 5.64. The van der Waals surface area contributed by atoms with Crippen LogP contribution in [0.4, 0.5) is 0 Å². The summed E-state index contributed by atoms with van der Waals surface area (Å²) in [5.74, 6) is 0.0223. The fourth-order valence-electron chi connectivity index (χ4n) is 4.94. The number of hydrazone groups is 1. The molecular formula is C29H31ClN4O. The zero-order chi connectivity index (χ0) is 24.2. The van der Waals surface area contributed by atoms with Crippen molar-refractivity contribution in [3.8, 4) is 0 Å². The summed E-state index contributed by atoms with van der Waals surface area (Å²) in [5, 5.41) is 7.19. The quantitative estimate of drug-likeness (QED) is 0.484. The van der Waals surface area contributed by atoms with Crippen molar-refractivity contribution >= 4 is 23.2 Å². The van der Waals surface area contributed by atoms with Gasteiger partial charge < -0.3 is 0 Å². The Balaban J connectivity index is 1.28. The summed E-state index contributed by atoms with van der Waals surface area (Å²) in [5.41, 5.74) is 5.44. The molecule has 1 atom stereocenters. The Kier molecular flexibility index (Phi) is 7.28. The first-order chi connectivity index (χ1) is 17.1. The number of halogens is 1. The molecule has 0 aromatic heterocycles. The molecule has 0 spiro atoms. The number of amides is 1. The summed E-state index contributed by atoms with van der Waals surface area (Å²) < 4.78 is 0. The lowest BCUT2D eigenvalue weighted by atomic mass is 9.97. The second-order valence-corrected chi connectivity index (χ2v) is 9.84. The highest BCUT2D eigenvalue weighted by Crippen LogP contribution is 2.36. The molecule has 1 amide bonds. The van der Waals surface area contributed by atoms with Crippen molar-refractivity contribution < 1.29 is 4.79 Å². The van der Waals surface area contributed by atoms with Gasteiger partial charge in [-0.1, -0.05) is 90.0 Å². The standard InChI is InChI=1S/C29H31ClN4O/c1-22-8-7-11-24(18-22)27-19-28(25-12-5-6-13-26(25)30)34(31-27)29(35)21-33-16-14-32(15-17-33)20-23-9-3-2-4-10-23/h2-13,18,28H,14-17,19-21H2,1H3. The fourth-order valence-corrected chi connectivity index (χ4v) is 5.20. The van der Waals surface area contributed by atoms with Crippen molar-refractivity contribution in [2.24, 2.45) is 5.10 Å². The molecule has 0 saturated carbocycles. The molecule has 0 N–H and O–H groups in total. The second kappa shape index (κ2) is 10.7. The number of rotatable bonds is 6. The van der Waals surface area contributed by atoms with Crippen molar-refractivity contribution in [1.82, 2.24) is 14.8 Å². The maximum atomic E-state index is 13.5. The summed E-state index contributed by atoms with van der Waals surface area (Å²) in [6, 6.07) is 26.5. The van der Waals surface area contributed by atoms with Gasteiger partial charge in [-0.2, -0.15) is 5.10 Å². The van der Waals surface area contributed by atoms with Gasteiger partial charge in [0.2, 0.25) is 0 Å². The topological polar surface area (TPSA) is 39.2 Å². The van der Waals surface area contributed by atoms with Gasteiger partial charge in [-0.05, 0) is 29.7 Å². The number of aryl methyl sites for hydroxylation is 1. The lowest BCUT2D eigenvalue weighted by Crippen LogP contribution is -2.49. The van der Waals surface area contributed by atoms with Gasteiger partial charge in [-0.15, -0.1) is 0 Å². The smallest absolute Gasteiger partial charge is 0.257 e. The highest BCUT2D eigenvalue weighted by Gasteiger charge is 2.35. The number of hydrogen-bond donors (Lipinski definition) is 0. The summed E-state index contributed by atoms with van der Waals surface area (Å²) in [4.78, 5) is 18.2. The van der Waals surface area contributed by atoms with E-state index >= 15 is 0 Å². The van der Waals surface area contributed by atoms with Crippen LogP contribution in [0.15, 0.2) is 84.0 Å². The van der Waals surface area contributed by atoms with E-state index < -0.39 is 0 Å². The molecule has 3 aromatic rings. The molecule has 0 radical (unpaired) electrons. The molecule has 2 aliphatic rings. The number of carbonyl (C=O) groups is 1. The van der Waals surface area contributed by atoms with Crippen LogP contribution < -0.4 is 0 Å². The Hall–Kier alpha value is -2.99. The molecular weight excluding hydrogens is 456 g/mol. The van der Waals surface area contributed by atoms with E-state index in [9.17, 15) is 4.79 Å². The van der Waals surface area contributed by atoms with E-state index in [0.29, 0.717) is 18.0 Å². The minimum Gasteiger partial charge on any atom is -0.297 e. The molecule has 1 fully saturated rings. The molecule has 0 aliphatic carbocycles. The Labute approximate surface area is 212 Å². The van der Waals surface area contributed by atoms with Gasteiger partial charge in [0.15, 0.2) is 0 Å². The lowest BCUT2D eigenvalue weighted by molar-refractivity contribution is -0.134. The molecule has 180 valence electrons. The fraction of sp³-hybridized carbons (Fsp3) is 0.310. The van der Waals surface area contributed by atoms with Crippen LogP contribution in [0, 0.1) is 6.92 Å². The van der Waals surface area contributed by atoms with E-state index in [4.69, 9.17) is 16.7 Å². The van der Waals surface area contributed by atoms with E-state index in [1.807, 2.05) is 36.4 Å². The Morgan fingerprint density at radius 2 is 1.63 bits per heavy atom. The predicted molar refractivity (Wildman–Crippen MR) is 142 cm³/mol. The lowest BCUT2D eigenvalue weighted by Gasteiger charge is -2.35. The number of nitrogens with zero attached hydrogens (tertiary/aromatic N) is 4. The summed E-state index contributed by atoms with van der Waals surface area (Å²) in [6.07, 6.45) is 0.657. The highest BCUT2D eigenvalue weighted by molar-refractivity contribution is 6.31. The van der Waals surface area contributed by atoms with Crippen LogP contribution in [0.2, 0.25) is 5.02 Å². The highest BCUT2D eigenvalue weighted by atomic mass is 35.5. The van der Waals surface area contributed by atoms with Gasteiger partial charge in [0.1, 0.15) is 0 Å². The van der Waals surface area contributed by atoms with E-state index in [0.717, 1.165) is 49.6 Å². The molecule has 2 heterocycles. The van der Waals surface area contributed by atoms with E-state index in [1.54, 1.807) is 5.01 Å². The normalized spacial score (nSPS) is 19.1. The molecule has 3 aromatic carbocycles. The average molecular weight is 487 g/mol. The Bertz CT molecular complexity index is 1200. The summed E-state index contributed by atoms with van der Waals surface area (Å²) >= 11 is 6.56. The van der Waals surface area contributed by atoms with Crippen molar-refractivity contribution in [2.75, 3.05) is 32.7 Å². The largest absolute Gasteiger partial charge is 0.297 e. The van der Waals surface area contributed by atoms with Crippen molar-refractivity contribution in [3.05, 3.63) is 106 Å². The van der Waals surface area contributed by atoms with E-state index in [1.165, 1.54) is 11.1 Å². The summed E-state index contributed by atoms with van der Waals surface area (Å²) in [6.45, 7) is 7.04. The molecule has 1 unspecified atom stereocenters. The van der Waals surface area contributed by atoms with Gasteiger partial charge in [0.05, 0.1) is 18.3 Å². The number of hydrogen-bond acceptors (Lipinski definition) is 4. The molecule has 5 rings (SSSR count). The van der Waals surface area contributed by atoms with E-state index in [-0.39, 0.29) is 11.9 Å². The zero-order valence-corrected chi connectivity index (χ0v) is 20.9. The van der Waals surface area contributed by atoms with Gasteiger partial charge in [-0.25, -0.2) is 5.01 Å². The molecule has 5 nitrogen and oxygen atoms in total. The SMILES string of the molecule is Cc1cccc(C2=NN(C(=O)CN3CCN(Cc4ccccc4)CC3)C(c3ccccc3Cl)C2)c1. The minimum atomic E-state index is -0.189. The number of carbonyl (C=O) groups excluding carboxylic acids is 1. The monoisotopic (exact) mass is 486 g/mol. The number of piperazine rings is 1. The van der Waals surface area contributed by atoms with Gasteiger partial charge in [0, 0.05) is 44.2 Å². The maximum Gasteiger partial charge on any atom is 0.257 e. The first-order valence-electron chi connectivity index (χ1n) is 12.3. The molecule has 0 bridgehead atoms. The molecule has 6 heteroatoms. The van der Waals surface area contributed by atoms with Crippen molar-refractivity contribution in [2.45, 2.75) is 25.9 Å². The molecule has 1 saturated heterocycles. The van der Waals surface area contributed by atoms with Crippen LogP contribution in [0.1, 0.15) is 34.7 Å². The van der Waals surface area contributed by atoms with Crippen LogP contribution >= 0.6 is 11.6 Å². The average Bonchev–Trinajstić information content (AvgIpc) is 3.32. The first kappa shape index (κ1) is 23.7.